The van der Waals surface area contributed by atoms with Crippen molar-refractivity contribution in [2.45, 2.75) is 6.61 Å². The maximum atomic E-state index is 11.4. The third kappa shape index (κ3) is 4.89. The fourth-order valence-corrected chi connectivity index (χ4v) is 1.71. The lowest BCUT2D eigenvalue weighted by Gasteiger charge is -2.08. The van der Waals surface area contributed by atoms with Crippen molar-refractivity contribution in [2.75, 3.05) is 20.3 Å². The number of esters is 1. The van der Waals surface area contributed by atoms with Crippen molar-refractivity contribution in [1.29, 1.82) is 0 Å². The van der Waals surface area contributed by atoms with Crippen LogP contribution in [0.15, 0.2) is 48.8 Å². The maximum absolute atomic E-state index is 11.4. The highest BCUT2D eigenvalue weighted by Crippen LogP contribution is 2.12. The van der Waals surface area contributed by atoms with Crippen LogP contribution in [0, 0.1) is 0 Å². The molecule has 0 aliphatic carbocycles. The van der Waals surface area contributed by atoms with Gasteiger partial charge in [-0.3, -0.25) is 4.98 Å². The van der Waals surface area contributed by atoms with E-state index in [0.717, 1.165) is 5.56 Å². The molecule has 0 saturated heterocycles. The molecule has 0 saturated carbocycles. The Morgan fingerprint density at radius 2 is 1.95 bits per heavy atom. The molecule has 5 heteroatoms. The van der Waals surface area contributed by atoms with E-state index in [9.17, 15) is 4.79 Å². The van der Waals surface area contributed by atoms with E-state index in [4.69, 9.17) is 9.47 Å². The van der Waals surface area contributed by atoms with Crippen molar-refractivity contribution in [3.8, 4) is 5.75 Å². The van der Waals surface area contributed by atoms with Crippen LogP contribution in [0.25, 0.3) is 0 Å². The summed E-state index contributed by atoms with van der Waals surface area (Å²) in [6.45, 7) is 1.39. The van der Waals surface area contributed by atoms with Crippen molar-refractivity contribution >= 4 is 5.97 Å². The molecule has 0 aliphatic rings. The van der Waals surface area contributed by atoms with E-state index >= 15 is 0 Å². The number of carbonyl (C=O) groups excluding carboxylic acids is 1. The standard InChI is InChI=1S/C16H17NO4/c1-19-16(18)14-9-15(11-17-10-14)21-8-7-20-12-13-5-3-2-4-6-13/h2-6,9-11H,7-8,12H2,1H3. The number of hydrogen-bond acceptors (Lipinski definition) is 5. The Kier molecular flexibility index (Phi) is 5.72. The number of methoxy groups -OCH3 is 1. The van der Waals surface area contributed by atoms with Gasteiger partial charge in [0.05, 0.1) is 32.1 Å². The zero-order valence-corrected chi connectivity index (χ0v) is 11.8. The minimum Gasteiger partial charge on any atom is -0.490 e. The van der Waals surface area contributed by atoms with E-state index in [2.05, 4.69) is 9.72 Å². The fraction of sp³-hybridized carbons (Fsp3) is 0.250. The monoisotopic (exact) mass is 287 g/mol. The van der Waals surface area contributed by atoms with Crippen LogP contribution in [0.5, 0.6) is 5.75 Å². The molecule has 0 bridgehead atoms. The van der Waals surface area contributed by atoms with Crippen molar-refractivity contribution < 1.29 is 19.0 Å². The predicted molar refractivity (Wildman–Crippen MR) is 77.2 cm³/mol. The van der Waals surface area contributed by atoms with Crippen LogP contribution in [-0.4, -0.2) is 31.3 Å². The first kappa shape index (κ1) is 15.0. The first-order chi connectivity index (χ1) is 10.3. The highest BCUT2D eigenvalue weighted by Gasteiger charge is 2.06. The van der Waals surface area contributed by atoms with Gasteiger partial charge in [-0.25, -0.2) is 4.79 Å². The van der Waals surface area contributed by atoms with Gasteiger partial charge in [-0.15, -0.1) is 0 Å². The van der Waals surface area contributed by atoms with Crippen LogP contribution in [-0.2, 0) is 16.1 Å². The molecule has 0 radical (unpaired) electrons. The van der Waals surface area contributed by atoms with Crippen molar-refractivity contribution in [2.24, 2.45) is 0 Å². The molecule has 110 valence electrons. The van der Waals surface area contributed by atoms with Gasteiger partial charge in [-0.2, -0.15) is 0 Å². The Hall–Kier alpha value is -2.40. The number of benzene rings is 1. The molecule has 0 unspecified atom stereocenters. The third-order valence-corrected chi connectivity index (χ3v) is 2.74. The number of hydrogen-bond donors (Lipinski definition) is 0. The number of rotatable bonds is 7. The van der Waals surface area contributed by atoms with Crippen LogP contribution in [0.4, 0.5) is 0 Å². The van der Waals surface area contributed by atoms with Gasteiger partial charge in [-0.05, 0) is 11.6 Å². The van der Waals surface area contributed by atoms with Gasteiger partial charge >= 0.3 is 5.97 Å². The molecule has 1 heterocycles. The molecule has 0 N–H and O–H groups in total. The molecule has 0 fully saturated rings. The molecule has 0 atom stereocenters. The molecule has 2 aromatic rings. The third-order valence-electron chi connectivity index (χ3n) is 2.74. The lowest BCUT2D eigenvalue weighted by atomic mass is 10.2. The second-order valence-corrected chi connectivity index (χ2v) is 4.29. The van der Waals surface area contributed by atoms with Crippen molar-refractivity contribution in [3.05, 3.63) is 59.9 Å². The normalized spacial score (nSPS) is 10.1. The van der Waals surface area contributed by atoms with Crippen molar-refractivity contribution in [3.63, 3.8) is 0 Å². The Bertz CT molecular complexity index is 571. The summed E-state index contributed by atoms with van der Waals surface area (Å²) in [4.78, 5) is 15.3. The summed E-state index contributed by atoms with van der Waals surface area (Å²) < 4.78 is 15.6. The summed E-state index contributed by atoms with van der Waals surface area (Å²) >= 11 is 0. The van der Waals surface area contributed by atoms with E-state index in [0.29, 0.717) is 31.1 Å². The van der Waals surface area contributed by atoms with Gasteiger partial charge in [0.2, 0.25) is 0 Å². The fourth-order valence-electron chi connectivity index (χ4n) is 1.71. The van der Waals surface area contributed by atoms with Gasteiger partial charge in [-0.1, -0.05) is 30.3 Å². The number of ether oxygens (including phenoxy) is 3. The van der Waals surface area contributed by atoms with Gasteiger partial charge < -0.3 is 14.2 Å². The zero-order valence-electron chi connectivity index (χ0n) is 11.8. The van der Waals surface area contributed by atoms with Gasteiger partial charge in [0.15, 0.2) is 0 Å². The molecular formula is C16H17NO4. The molecule has 0 amide bonds. The summed E-state index contributed by atoms with van der Waals surface area (Å²) in [5.74, 6) is 0.0782. The average molecular weight is 287 g/mol. The lowest BCUT2D eigenvalue weighted by Crippen LogP contribution is -2.08. The largest absolute Gasteiger partial charge is 0.490 e. The Morgan fingerprint density at radius 3 is 2.71 bits per heavy atom. The summed E-state index contributed by atoms with van der Waals surface area (Å²) in [5, 5.41) is 0. The Morgan fingerprint density at radius 1 is 1.14 bits per heavy atom. The molecular weight excluding hydrogens is 270 g/mol. The quantitative estimate of drug-likeness (QED) is 0.578. The van der Waals surface area contributed by atoms with Crippen LogP contribution in [0.3, 0.4) is 0 Å². The predicted octanol–water partition coefficient (Wildman–Crippen LogP) is 2.46. The first-order valence-electron chi connectivity index (χ1n) is 6.57. The highest BCUT2D eigenvalue weighted by molar-refractivity contribution is 5.89. The smallest absolute Gasteiger partial charge is 0.339 e. The molecule has 21 heavy (non-hydrogen) atoms. The zero-order chi connectivity index (χ0) is 14.9. The number of pyridine rings is 1. The van der Waals surface area contributed by atoms with Crippen LogP contribution < -0.4 is 4.74 Å². The summed E-state index contributed by atoms with van der Waals surface area (Å²) in [5.41, 5.74) is 1.48. The van der Waals surface area contributed by atoms with Gasteiger partial charge in [0, 0.05) is 6.20 Å². The highest BCUT2D eigenvalue weighted by atomic mass is 16.5. The molecule has 1 aromatic carbocycles. The second-order valence-electron chi connectivity index (χ2n) is 4.29. The van der Waals surface area contributed by atoms with Crippen LogP contribution >= 0.6 is 0 Å². The number of nitrogens with zero attached hydrogens (tertiary/aromatic N) is 1. The summed E-state index contributed by atoms with van der Waals surface area (Å²) in [6, 6.07) is 11.5. The molecule has 0 spiro atoms. The topological polar surface area (TPSA) is 57.7 Å². The summed E-state index contributed by atoms with van der Waals surface area (Å²) in [7, 11) is 1.33. The maximum Gasteiger partial charge on any atom is 0.339 e. The lowest BCUT2D eigenvalue weighted by molar-refractivity contribution is 0.0599. The van der Waals surface area contributed by atoms with E-state index in [1.165, 1.54) is 13.3 Å². The number of aromatic nitrogens is 1. The minimum atomic E-state index is -0.437. The van der Waals surface area contributed by atoms with Gasteiger partial charge in [0.25, 0.3) is 0 Å². The Balaban J connectivity index is 1.72. The summed E-state index contributed by atoms with van der Waals surface area (Å²) in [6.07, 6.45) is 2.98. The molecule has 2 rings (SSSR count). The Labute approximate surface area is 123 Å². The van der Waals surface area contributed by atoms with E-state index < -0.39 is 5.97 Å². The van der Waals surface area contributed by atoms with Crippen molar-refractivity contribution in [1.82, 2.24) is 4.98 Å². The second kappa shape index (κ2) is 8.01. The molecule has 0 aliphatic heterocycles. The van der Waals surface area contributed by atoms with Crippen LogP contribution in [0.2, 0.25) is 0 Å². The first-order valence-corrected chi connectivity index (χ1v) is 6.57. The van der Waals surface area contributed by atoms with E-state index in [1.807, 2.05) is 30.3 Å². The average Bonchev–Trinajstić information content (AvgIpc) is 2.55. The molecule has 1 aromatic heterocycles. The molecule has 5 nitrogen and oxygen atoms in total. The van der Waals surface area contributed by atoms with E-state index in [1.54, 1.807) is 12.3 Å². The number of carbonyl (C=O) groups is 1. The van der Waals surface area contributed by atoms with E-state index in [-0.39, 0.29) is 0 Å². The SMILES string of the molecule is COC(=O)c1cncc(OCCOCc2ccccc2)c1. The van der Waals surface area contributed by atoms with Gasteiger partial charge in [0.1, 0.15) is 12.4 Å². The minimum absolute atomic E-state index is 0.361. The van der Waals surface area contributed by atoms with Crippen LogP contribution in [0.1, 0.15) is 15.9 Å².